The maximum Gasteiger partial charge on any atom is 0.434 e. The van der Waals surface area contributed by atoms with E-state index in [9.17, 15) is 23.1 Å². The first-order chi connectivity index (χ1) is 17.9. The van der Waals surface area contributed by atoms with Gasteiger partial charge in [0.25, 0.3) is 0 Å². The van der Waals surface area contributed by atoms with Crippen LogP contribution in [0.5, 0.6) is 5.88 Å². The molecule has 1 aliphatic carbocycles. The Morgan fingerprint density at radius 1 is 1.24 bits per heavy atom. The zero-order valence-corrected chi connectivity index (χ0v) is 23.2. The molecule has 0 unspecified atom stereocenters. The number of pyridine rings is 1. The van der Waals surface area contributed by atoms with Gasteiger partial charge < -0.3 is 19.1 Å². The van der Waals surface area contributed by atoms with Crippen LogP contribution >= 0.6 is 11.6 Å². The largest absolute Gasteiger partial charge is 0.481 e. The van der Waals surface area contributed by atoms with E-state index in [0.29, 0.717) is 36.5 Å². The first-order valence-electron chi connectivity index (χ1n) is 12.2. The third-order valence-electron chi connectivity index (χ3n) is 6.55. The van der Waals surface area contributed by atoms with Gasteiger partial charge in [-0.1, -0.05) is 30.8 Å². The Bertz CT molecular complexity index is 1330. The highest BCUT2D eigenvalue weighted by Gasteiger charge is 2.51. The van der Waals surface area contributed by atoms with Gasteiger partial charge in [-0.2, -0.15) is 13.2 Å². The molecule has 1 N–H and O–H groups in total. The summed E-state index contributed by atoms with van der Waals surface area (Å²) in [5.74, 6) is -0.475. The summed E-state index contributed by atoms with van der Waals surface area (Å²) < 4.78 is 52.9. The zero-order valence-electron chi connectivity index (χ0n) is 21.3. The van der Waals surface area contributed by atoms with Crippen molar-refractivity contribution in [3.05, 3.63) is 52.9 Å². The number of hydrogen-bond acceptors (Lipinski definition) is 5. The minimum absolute atomic E-state index is 0.0598. The highest BCUT2D eigenvalue weighted by Crippen LogP contribution is 2.46. The van der Waals surface area contributed by atoms with Crippen molar-refractivity contribution in [1.29, 1.82) is 0 Å². The number of aromatic nitrogens is 3. The highest BCUT2D eigenvalue weighted by atomic mass is 35.5. The van der Waals surface area contributed by atoms with E-state index in [1.165, 1.54) is 4.57 Å². The van der Waals surface area contributed by atoms with Crippen LogP contribution in [-0.2, 0) is 22.4 Å². The van der Waals surface area contributed by atoms with Crippen LogP contribution in [0.1, 0.15) is 24.1 Å². The monoisotopic (exact) mass is 567 g/mol. The van der Waals surface area contributed by atoms with Crippen molar-refractivity contribution in [3.63, 3.8) is 0 Å². The normalized spacial score (nSPS) is 14.6. The van der Waals surface area contributed by atoms with Crippen LogP contribution in [0, 0.1) is 12.3 Å². The van der Waals surface area contributed by atoms with E-state index >= 15 is 0 Å². The van der Waals surface area contributed by atoms with Gasteiger partial charge in [-0.05, 0) is 49.1 Å². The number of hydrogen-bond donors (Lipinski definition) is 1. The van der Waals surface area contributed by atoms with Crippen LogP contribution in [0.4, 0.5) is 13.2 Å². The average Bonchev–Trinajstić information content (AvgIpc) is 3.52. The number of nitrogens with zero attached hydrogens (tertiary/aromatic N) is 3. The Balaban J connectivity index is 1.55. The topological polar surface area (TPSA) is 86.5 Å². The number of aryl methyl sites for hydroxylation is 1. The number of carboxylic acid groups (broad SMARTS) is 1. The van der Waals surface area contributed by atoms with Gasteiger partial charge in [-0.25, -0.2) is 9.97 Å². The molecule has 0 radical (unpaired) electrons. The molecule has 1 aromatic carbocycles. The fourth-order valence-corrected chi connectivity index (χ4v) is 4.81. The summed E-state index contributed by atoms with van der Waals surface area (Å²) in [5.41, 5.74) is 0.804. The number of halogens is 4. The van der Waals surface area contributed by atoms with Crippen LogP contribution in [0.15, 0.2) is 36.7 Å². The molecular weight excluding hydrogens is 539 g/mol. The van der Waals surface area contributed by atoms with Gasteiger partial charge in [0.1, 0.15) is 24.6 Å². The minimum atomic E-state index is -4.60. The molecule has 4 rings (SSSR count). The number of imidazole rings is 1. The van der Waals surface area contributed by atoms with E-state index in [0.717, 1.165) is 23.4 Å². The molecule has 0 bridgehead atoms. The zero-order chi connectivity index (χ0) is 27.7. The number of carboxylic acids is 1. The molecule has 0 spiro atoms. The van der Waals surface area contributed by atoms with Crippen molar-refractivity contribution in [1.82, 2.24) is 14.5 Å². The lowest BCUT2D eigenvalue weighted by Crippen LogP contribution is -2.23. The van der Waals surface area contributed by atoms with E-state index in [1.54, 1.807) is 30.5 Å². The van der Waals surface area contributed by atoms with E-state index in [4.69, 9.17) is 21.1 Å². The molecule has 1 fully saturated rings. The molecule has 3 aromatic rings. The Kier molecular flexibility index (Phi) is 8.19. The van der Waals surface area contributed by atoms with Gasteiger partial charge in [0, 0.05) is 45.0 Å². The Morgan fingerprint density at radius 3 is 2.55 bits per heavy atom. The van der Waals surface area contributed by atoms with E-state index in [1.807, 2.05) is 6.92 Å². The molecule has 0 saturated heterocycles. The van der Waals surface area contributed by atoms with Crippen molar-refractivity contribution in [3.8, 4) is 28.4 Å². The summed E-state index contributed by atoms with van der Waals surface area (Å²) in [4.78, 5) is 19.5. The van der Waals surface area contributed by atoms with E-state index < -0.39 is 32.1 Å². The summed E-state index contributed by atoms with van der Waals surface area (Å²) in [7, 11) is -0.842. The van der Waals surface area contributed by atoms with Crippen molar-refractivity contribution >= 4 is 26.4 Å². The predicted octanol–water partition coefficient (Wildman–Crippen LogP) is 6.30. The summed E-state index contributed by atoms with van der Waals surface area (Å²) in [6, 6.07) is 7.67. The van der Waals surface area contributed by atoms with Gasteiger partial charge in [0.05, 0.1) is 5.02 Å². The smallest absolute Gasteiger partial charge is 0.434 e. The van der Waals surface area contributed by atoms with Crippen molar-refractivity contribution < 1.29 is 32.5 Å². The fourth-order valence-electron chi connectivity index (χ4n) is 3.91. The number of ether oxygens (including phenoxy) is 2. The summed E-state index contributed by atoms with van der Waals surface area (Å²) in [6.07, 6.45) is -0.898. The highest BCUT2D eigenvalue weighted by molar-refractivity contribution is 6.55. The molecule has 2 aromatic heterocycles. The molecule has 38 heavy (non-hydrogen) atoms. The SMILES string of the molecule is Cc1cc(OCC2(C(=O)O)CC2)ncc1-c1ccc(-c2nc(C(F)(F)F)cn2COCC[SiH](C)C)c(Cl)c1. The second-order valence-corrected chi connectivity index (χ2v) is 13.8. The maximum atomic E-state index is 13.4. The second kappa shape index (κ2) is 11.1. The molecular formula is C26H29ClF3N3O4Si. The summed E-state index contributed by atoms with van der Waals surface area (Å²) in [6.45, 7) is 6.68. The molecule has 12 heteroatoms. The number of rotatable bonds is 11. The van der Waals surface area contributed by atoms with Gasteiger partial charge in [-0.15, -0.1) is 0 Å². The van der Waals surface area contributed by atoms with Crippen molar-refractivity contribution in [2.24, 2.45) is 5.41 Å². The summed E-state index contributed by atoms with van der Waals surface area (Å²) in [5, 5.41) is 9.54. The Hall–Kier alpha value is -2.89. The van der Waals surface area contributed by atoms with Crippen LogP contribution in [0.3, 0.4) is 0 Å². The lowest BCUT2D eigenvalue weighted by atomic mass is 10.0. The second-order valence-electron chi connectivity index (χ2n) is 10.0. The summed E-state index contributed by atoms with van der Waals surface area (Å²) >= 11 is 6.56. The first kappa shape index (κ1) is 28.1. The van der Waals surface area contributed by atoms with E-state index in [-0.39, 0.29) is 24.2 Å². The minimum Gasteiger partial charge on any atom is -0.481 e. The first-order valence-corrected chi connectivity index (χ1v) is 15.8. The fraction of sp³-hybridized carbons (Fsp3) is 0.423. The third-order valence-corrected chi connectivity index (χ3v) is 8.25. The molecule has 0 amide bonds. The van der Waals surface area contributed by atoms with Gasteiger partial charge in [0.2, 0.25) is 5.88 Å². The molecule has 204 valence electrons. The van der Waals surface area contributed by atoms with Crippen LogP contribution in [0.2, 0.25) is 24.2 Å². The van der Waals surface area contributed by atoms with Crippen LogP contribution < -0.4 is 4.74 Å². The van der Waals surface area contributed by atoms with E-state index in [2.05, 4.69) is 23.1 Å². The maximum absolute atomic E-state index is 13.4. The Morgan fingerprint density at radius 2 is 1.97 bits per heavy atom. The quantitative estimate of drug-likeness (QED) is 0.216. The van der Waals surface area contributed by atoms with Crippen LogP contribution in [0.25, 0.3) is 22.5 Å². The Labute approximate surface area is 225 Å². The van der Waals surface area contributed by atoms with Crippen molar-refractivity contribution in [2.45, 2.75) is 51.8 Å². The number of alkyl halides is 3. The van der Waals surface area contributed by atoms with Crippen molar-refractivity contribution in [2.75, 3.05) is 13.2 Å². The van der Waals surface area contributed by atoms with Crippen LogP contribution in [-0.4, -0.2) is 47.6 Å². The number of carbonyl (C=O) groups is 1. The molecule has 2 heterocycles. The lowest BCUT2D eigenvalue weighted by Gasteiger charge is -2.14. The molecule has 1 aliphatic rings. The number of benzene rings is 1. The third kappa shape index (κ3) is 6.39. The van der Waals surface area contributed by atoms with Gasteiger partial charge in [0.15, 0.2) is 5.69 Å². The van der Waals surface area contributed by atoms with Gasteiger partial charge >= 0.3 is 12.1 Å². The number of aliphatic carboxylic acids is 1. The molecule has 7 nitrogen and oxygen atoms in total. The lowest BCUT2D eigenvalue weighted by molar-refractivity contribution is -0.144. The predicted molar refractivity (Wildman–Crippen MR) is 140 cm³/mol. The average molecular weight is 568 g/mol. The van der Waals surface area contributed by atoms with Gasteiger partial charge in [-0.3, -0.25) is 4.79 Å². The standard InChI is InChI=1S/C26H29ClF3N3O4Si/c1-16-10-22(37-14-25(6-7-25)24(34)35)31-12-19(16)17-4-5-18(20(27)11-17)23-32-21(26(28,29)30)13-33(23)15-36-8-9-38(2)3/h4-5,10-13,38H,6-9,14-15H2,1-3H3,(H,34,35). The molecule has 0 aliphatic heterocycles. The molecule has 1 saturated carbocycles. The molecule has 0 atom stereocenters.